The Morgan fingerprint density at radius 1 is 0.892 bits per heavy atom. The lowest BCUT2D eigenvalue weighted by Crippen LogP contribution is -2.40. The first-order chi connectivity index (χ1) is 18.0. The lowest BCUT2D eigenvalue weighted by atomic mass is 10.0. The number of carbonyl (C=O) groups is 2. The number of aromatic nitrogens is 1. The number of benzene rings is 2. The number of pyridine rings is 1. The van der Waals surface area contributed by atoms with Crippen molar-refractivity contribution in [3.8, 4) is 23.0 Å². The molecular weight excluding hydrogens is 476 g/mol. The standard InChI is InChI=1S/C28H32N2O7/c1-5-35-27(31)24-12-11-22(37-23-8-7-13-29-18-23)14-20(24)17-30-25(28(32)36-6-2)15-19-9-10-21(33-3)16-26(19)34-4/h7-14,16,18,25,30H,5-6,15,17H2,1-4H3. The van der Waals surface area contributed by atoms with E-state index in [4.69, 9.17) is 23.7 Å². The van der Waals surface area contributed by atoms with Gasteiger partial charge in [-0.05, 0) is 61.4 Å². The SMILES string of the molecule is CCOC(=O)c1ccc(Oc2cccnc2)cc1CNC(Cc1ccc(OC)cc1OC)C(=O)OCC. The maximum absolute atomic E-state index is 12.8. The summed E-state index contributed by atoms with van der Waals surface area (Å²) in [5, 5.41) is 3.24. The summed E-state index contributed by atoms with van der Waals surface area (Å²) in [4.78, 5) is 29.5. The third-order valence-electron chi connectivity index (χ3n) is 5.47. The minimum absolute atomic E-state index is 0.181. The van der Waals surface area contributed by atoms with E-state index in [2.05, 4.69) is 10.3 Å². The summed E-state index contributed by atoms with van der Waals surface area (Å²) in [7, 11) is 3.13. The first-order valence-corrected chi connectivity index (χ1v) is 12.0. The third-order valence-corrected chi connectivity index (χ3v) is 5.47. The zero-order chi connectivity index (χ0) is 26.6. The van der Waals surface area contributed by atoms with E-state index < -0.39 is 18.0 Å². The van der Waals surface area contributed by atoms with E-state index in [1.165, 1.54) is 0 Å². The maximum atomic E-state index is 12.8. The number of hydrogen-bond donors (Lipinski definition) is 1. The van der Waals surface area contributed by atoms with Crippen LogP contribution in [-0.4, -0.2) is 50.4 Å². The third kappa shape index (κ3) is 7.68. The highest BCUT2D eigenvalue weighted by molar-refractivity contribution is 5.91. The van der Waals surface area contributed by atoms with Gasteiger partial charge in [0.15, 0.2) is 0 Å². The molecule has 2 aromatic carbocycles. The van der Waals surface area contributed by atoms with Gasteiger partial charge in [0, 0.05) is 25.2 Å². The second-order valence-corrected chi connectivity index (χ2v) is 7.90. The number of esters is 2. The van der Waals surface area contributed by atoms with Crippen molar-refractivity contribution < 1.29 is 33.3 Å². The molecule has 1 heterocycles. The average Bonchev–Trinajstić information content (AvgIpc) is 2.92. The molecule has 196 valence electrons. The lowest BCUT2D eigenvalue weighted by Gasteiger charge is -2.20. The van der Waals surface area contributed by atoms with Crippen molar-refractivity contribution in [2.75, 3.05) is 27.4 Å². The average molecular weight is 509 g/mol. The Morgan fingerprint density at radius 2 is 1.68 bits per heavy atom. The molecule has 0 saturated heterocycles. The van der Waals surface area contributed by atoms with Crippen molar-refractivity contribution in [1.29, 1.82) is 0 Å². The summed E-state index contributed by atoms with van der Waals surface area (Å²) >= 11 is 0. The van der Waals surface area contributed by atoms with Crippen molar-refractivity contribution in [1.82, 2.24) is 10.3 Å². The van der Waals surface area contributed by atoms with E-state index in [0.29, 0.717) is 40.5 Å². The predicted molar refractivity (Wildman–Crippen MR) is 137 cm³/mol. The fourth-order valence-corrected chi connectivity index (χ4v) is 3.69. The van der Waals surface area contributed by atoms with Crippen LogP contribution in [0.1, 0.15) is 35.3 Å². The lowest BCUT2D eigenvalue weighted by molar-refractivity contribution is -0.145. The second kappa shape index (κ2) is 13.8. The molecule has 0 aliphatic carbocycles. The van der Waals surface area contributed by atoms with Crippen LogP contribution in [0.3, 0.4) is 0 Å². The Labute approximate surface area is 216 Å². The van der Waals surface area contributed by atoms with Crippen molar-refractivity contribution in [3.63, 3.8) is 0 Å². The molecular formula is C28H32N2O7. The first-order valence-electron chi connectivity index (χ1n) is 12.0. The van der Waals surface area contributed by atoms with E-state index in [1.54, 1.807) is 82.9 Å². The Kier molecular flexibility index (Phi) is 10.3. The smallest absolute Gasteiger partial charge is 0.338 e. The number of carbonyl (C=O) groups excluding carboxylic acids is 2. The van der Waals surface area contributed by atoms with Crippen molar-refractivity contribution in [2.24, 2.45) is 0 Å². The molecule has 37 heavy (non-hydrogen) atoms. The molecule has 1 atom stereocenters. The fraction of sp³-hybridized carbons (Fsp3) is 0.321. The largest absolute Gasteiger partial charge is 0.497 e. The number of hydrogen-bond acceptors (Lipinski definition) is 9. The van der Waals surface area contributed by atoms with Gasteiger partial charge in [-0.1, -0.05) is 6.07 Å². The summed E-state index contributed by atoms with van der Waals surface area (Å²) in [5.74, 6) is 1.43. The molecule has 1 aromatic heterocycles. The van der Waals surface area contributed by atoms with E-state index in [9.17, 15) is 9.59 Å². The summed E-state index contributed by atoms with van der Waals surface area (Å²) in [5.41, 5.74) is 1.78. The molecule has 0 saturated carbocycles. The predicted octanol–water partition coefficient (Wildman–Crippen LogP) is 4.33. The summed E-state index contributed by atoms with van der Waals surface area (Å²) in [6, 6.07) is 13.3. The van der Waals surface area contributed by atoms with Crippen LogP contribution in [0.25, 0.3) is 0 Å². The van der Waals surface area contributed by atoms with Gasteiger partial charge in [-0.25, -0.2) is 4.79 Å². The van der Waals surface area contributed by atoms with Gasteiger partial charge in [0.1, 0.15) is 29.0 Å². The van der Waals surface area contributed by atoms with E-state index in [0.717, 1.165) is 5.56 Å². The van der Waals surface area contributed by atoms with Crippen molar-refractivity contribution in [2.45, 2.75) is 32.9 Å². The molecule has 0 aliphatic heterocycles. The van der Waals surface area contributed by atoms with Gasteiger partial charge >= 0.3 is 11.9 Å². The zero-order valence-electron chi connectivity index (χ0n) is 21.5. The molecule has 9 nitrogen and oxygen atoms in total. The number of ether oxygens (including phenoxy) is 5. The van der Waals surface area contributed by atoms with Crippen LogP contribution < -0.4 is 19.5 Å². The van der Waals surface area contributed by atoms with Crippen LogP contribution in [0.2, 0.25) is 0 Å². The maximum Gasteiger partial charge on any atom is 0.338 e. The van der Waals surface area contributed by atoms with E-state index in [-0.39, 0.29) is 19.8 Å². The summed E-state index contributed by atoms with van der Waals surface area (Å²) in [6.07, 6.45) is 3.54. The van der Waals surface area contributed by atoms with Gasteiger partial charge in [0.25, 0.3) is 0 Å². The minimum Gasteiger partial charge on any atom is -0.497 e. The van der Waals surface area contributed by atoms with E-state index >= 15 is 0 Å². The Morgan fingerprint density at radius 3 is 2.35 bits per heavy atom. The van der Waals surface area contributed by atoms with Crippen LogP contribution in [0.4, 0.5) is 0 Å². The Hall–Kier alpha value is -4.11. The van der Waals surface area contributed by atoms with E-state index in [1.807, 2.05) is 6.07 Å². The molecule has 9 heteroatoms. The Balaban J connectivity index is 1.87. The molecule has 1 N–H and O–H groups in total. The van der Waals surface area contributed by atoms with Gasteiger partial charge in [-0.15, -0.1) is 0 Å². The monoisotopic (exact) mass is 508 g/mol. The van der Waals surface area contributed by atoms with Crippen LogP contribution >= 0.6 is 0 Å². The summed E-state index contributed by atoms with van der Waals surface area (Å²) < 4.78 is 27.2. The van der Waals surface area contributed by atoms with Crippen molar-refractivity contribution in [3.05, 3.63) is 77.6 Å². The molecule has 0 spiro atoms. The topological polar surface area (TPSA) is 105 Å². The molecule has 0 aliphatic rings. The Bertz CT molecular complexity index is 1180. The highest BCUT2D eigenvalue weighted by Gasteiger charge is 2.23. The molecule has 3 rings (SSSR count). The molecule has 1 unspecified atom stereocenters. The molecule has 0 fully saturated rings. The number of nitrogens with zero attached hydrogens (tertiary/aromatic N) is 1. The summed E-state index contributed by atoms with van der Waals surface area (Å²) in [6.45, 7) is 4.15. The van der Waals surface area contributed by atoms with Gasteiger partial charge in [-0.3, -0.25) is 15.1 Å². The van der Waals surface area contributed by atoms with Gasteiger partial charge in [0.05, 0.1) is 39.2 Å². The number of methoxy groups -OCH3 is 2. The van der Waals surface area contributed by atoms with Crippen LogP contribution in [-0.2, 0) is 27.2 Å². The number of rotatable bonds is 13. The normalized spacial score (nSPS) is 11.4. The van der Waals surface area contributed by atoms with Crippen LogP contribution in [0.15, 0.2) is 60.9 Å². The zero-order valence-corrected chi connectivity index (χ0v) is 21.5. The molecule has 0 amide bonds. The second-order valence-electron chi connectivity index (χ2n) is 7.90. The highest BCUT2D eigenvalue weighted by Crippen LogP contribution is 2.27. The van der Waals surface area contributed by atoms with Gasteiger partial charge < -0.3 is 23.7 Å². The highest BCUT2D eigenvalue weighted by atomic mass is 16.5. The molecule has 3 aromatic rings. The minimum atomic E-state index is -0.708. The number of nitrogens with one attached hydrogen (secondary N) is 1. The quantitative estimate of drug-likeness (QED) is 0.338. The van der Waals surface area contributed by atoms with Gasteiger partial charge in [-0.2, -0.15) is 0 Å². The first kappa shape index (κ1) is 27.5. The van der Waals surface area contributed by atoms with Crippen LogP contribution in [0, 0.1) is 0 Å². The van der Waals surface area contributed by atoms with Crippen molar-refractivity contribution >= 4 is 11.9 Å². The van der Waals surface area contributed by atoms with Crippen LogP contribution in [0.5, 0.6) is 23.0 Å². The fourth-order valence-electron chi connectivity index (χ4n) is 3.69. The van der Waals surface area contributed by atoms with Gasteiger partial charge in [0.2, 0.25) is 0 Å². The molecule has 0 bridgehead atoms. The molecule has 0 radical (unpaired) electrons.